The number of nitrogens with zero attached hydrogens (tertiary/aromatic N) is 3. The zero-order chi connectivity index (χ0) is 20.1. The average molecular weight is 386 g/mol. The maximum absolute atomic E-state index is 12.6. The van der Waals surface area contributed by atoms with Crippen molar-refractivity contribution in [1.82, 2.24) is 25.3 Å². The minimum Gasteiger partial charge on any atom is -0.361 e. The van der Waals surface area contributed by atoms with Crippen LogP contribution in [0.2, 0.25) is 0 Å². The molecule has 0 saturated heterocycles. The van der Waals surface area contributed by atoms with Crippen molar-refractivity contribution in [3.8, 4) is 0 Å². The summed E-state index contributed by atoms with van der Waals surface area (Å²) >= 11 is 0. The number of rotatable bonds is 7. The summed E-state index contributed by atoms with van der Waals surface area (Å²) in [6.07, 6.45) is 6.24. The van der Waals surface area contributed by atoms with E-state index >= 15 is 0 Å². The second-order valence-corrected chi connectivity index (χ2v) is 6.80. The topological polar surface area (TPSA) is 95.6 Å². The van der Waals surface area contributed by atoms with Crippen LogP contribution in [0.15, 0.2) is 61.1 Å². The molecule has 0 aliphatic heterocycles. The van der Waals surface area contributed by atoms with E-state index in [1.165, 1.54) is 10.9 Å². The first-order valence-corrected chi connectivity index (χ1v) is 9.51. The molecular formula is C22H22N6O. The lowest BCUT2D eigenvalue weighted by Crippen LogP contribution is -2.27. The highest BCUT2D eigenvalue weighted by molar-refractivity contribution is 5.92. The summed E-state index contributed by atoms with van der Waals surface area (Å²) < 4.78 is 0. The van der Waals surface area contributed by atoms with Crippen molar-refractivity contribution >= 4 is 22.8 Å². The number of pyridine rings is 1. The van der Waals surface area contributed by atoms with E-state index in [1.807, 2.05) is 43.5 Å². The van der Waals surface area contributed by atoms with E-state index in [2.05, 4.69) is 36.6 Å². The summed E-state index contributed by atoms with van der Waals surface area (Å²) in [7, 11) is 0. The van der Waals surface area contributed by atoms with Crippen LogP contribution in [0.1, 0.15) is 27.3 Å². The van der Waals surface area contributed by atoms with Gasteiger partial charge in [-0.05, 0) is 42.7 Å². The molecule has 29 heavy (non-hydrogen) atoms. The first-order valence-electron chi connectivity index (χ1n) is 9.51. The van der Waals surface area contributed by atoms with Crippen LogP contribution in [-0.4, -0.2) is 32.4 Å². The number of anilines is 1. The van der Waals surface area contributed by atoms with Gasteiger partial charge in [-0.1, -0.05) is 24.3 Å². The SMILES string of the molecule is Cc1cc(C(=O)NCCc2c[nH]c3ccccc23)nc(NCc2cccnc2)n1. The van der Waals surface area contributed by atoms with Crippen molar-refractivity contribution < 1.29 is 4.79 Å². The quantitative estimate of drug-likeness (QED) is 0.453. The lowest BCUT2D eigenvalue weighted by Gasteiger charge is -2.09. The molecule has 146 valence electrons. The number of fused-ring (bicyclic) bond motifs is 1. The molecule has 7 nitrogen and oxygen atoms in total. The molecule has 0 aliphatic carbocycles. The normalized spacial score (nSPS) is 10.8. The molecule has 0 fully saturated rings. The highest BCUT2D eigenvalue weighted by Gasteiger charge is 2.11. The Kier molecular flexibility index (Phi) is 5.47. The van der Waals surface area contributed by atoms with E-state index in [0.29, 0.717) is 24.7 Å². The van der Waals surface area contributed by atoms with Crippen molar-refractivity contribution in [3.63, 3.8) is 0 Å². The van der Waals surface area contributed by atoms with Crippen LogP contribution < -0.4 is 10.6 Å². The number of benzene rings is 1. The minimum atomic E-state index is -0.209. The van der Waals surface area contributed by atoms with Gasteiger partial charge >= 0.3 is 0 Å². The van der Waals surface area contributed by atoms with Crippen molar-refractivity contribution in [3.05, 3.63) is 83.6 Å². The molecule has 0 atom stereocenters. The Labute approximate surface area is 168 Å². The largest absolute Gasteiger partial charge is 0.361 e. The smallest absolute Gasteiger partial charge is 0.270 e. The number of amides is 1. The van der Waals surface area contributed by atoms with E-state index in [4.69, 9.17) is 0 Å². The summed E-state index contributed by atoms with van der Waals surface area (Å²) in [6, 6.07) is 13.7. The number of nitrogens with one attached hydrogen (secondary N) is 3. The first-order chi connectivity index (χ1) is 14.2. The zero-order valence-corrected chi connectivity index (χ0v) is 16.1. The Hall–Kier alpha value is -3.74. The fourth-order valence-corrected chi connectivity index (χ4v) is 3.19. The fourth-order valence-electron chi connectivity index (χ4n) is 3.19. The molecule has 7 heteroatoms. The van der Waals surface area contributed by atoms with Crippen LogP contribution in [-0.2, 0) is 13.0 Å². The number of hydrogen-bond donors (Lipinski definition) is 3. The summed E-state index contributed by atoms with van der Waals surface area (Å²) in [6.45, 7) is 2.92. The standard InChI is InChI=1S/C22H22N6O/c1-15-11-20(28-22(27-15)26-13-16-5-4-9-23-12-16)21(29)24-10-8-17-14-25-19-7-3-2-6-18(17)19/h2-7,9,11-12,14,25H,8,10,13H2,1H3,(H,24,29)(H,26,27,28). The molecule has 1 aromatic carbocycles. The third-order valence-corrected chi connectivity index (χ3v) is 4.62. The molecule has 3 heterocycles. The molecule has 3 N–H and O–H groups in total. The summed E-state index contributed by atoms with van der Waals surface area (Å²) in [5, 5.41) is 7.28. The molecule has 0 radical (unpaired) electrons. The maximum Gasteiger partial charge on any atom is 0.270 e. The molecule has 0 unspecified atom stereocenters. The van der Waals surface area contributed by atoms with Gasteiger partial charge in [0.25, 0.3) is 5.91 Å². The summed E-state index contributed by atoms with van der Waals surface area (Å²) in [4.78, 5) is 28.6. The van der Waals surface area contributed by atoms with Gasteiger partial charge in [-0.2, -0.15) is 0 Å². The first kappa shape index (κ1) is 18.6. The zero-order valence-electron chi connectivity index (χ0n) is 16.1. The lowest BCUT2D eigenvalue weighted by molar-refractivity contribution is 0.0949. The number of H-pyrrole nitrogens is 1. The molecule has 0 bridgehead atoms. The van der Waals surface area contributed by atoms with Gasteiger partial charge < -0.3 is 15.6 Å². The predicted molar refractivity (Wildman–Crippen MR) is 113 cm³/mol. The Bertz CT molecular complexity index is 1120. The molecule has 3 aromatic heterocycles. The van der Waals surface area contributed by atoms with Gasteiger partial charge in [-0.15, -0.1) is 0 Å². The Morgan fingerprint density at radius 3 is 2.90 bits per heavy atom. The number of aromatic amines is 1. The van der Waals surface area contributed by atoms with Crippen molar-refractivity contribution in [2.45, 2.75) is 19.9 Å². The number of hydrogen-bond acceptors (Lipinski definition) is 5. The van der Waals surface area contributed by atoms with Gasteiger partial charge in [-0.25, -0.2) is 9.97 Å². The van der Waals surface area contributed by atoms with E-state index in [0.717, 1.165) is 23.2 Å². The van der Waals surface area contributed by atoms with Crippen LogP contribution in [0.25, 0.3) is 10.9 Å². The average Bonchev–Trinajstić information content (AvgIpc) is 3.16. The molecule has 4 aromatic rings. The van der Waals surface area contributed by atoms with E-state index in [1.54, 1.807) is 18.5 Å². The Morgan fingerprint density at radius 1 is 1.14 bits per heavy atom. The molecule has 0 spiro atoms. The third kappa shape index (κ3) is 4.57. The van der Waals surface area contributed by atoms with Gasteiger partial charge in [0.2, 0.25) is 5.95 Å². The predicted octanol–water partition coefficient (Wildman–Crippen LogP) is 3.25. The van der Waals surface area contributed by atoms with Crippen molar-refractivity contribution in [2.24, 2.45) is 0 Å². The van der Waals surface area contributed by atoms with Crippen LogP contribution >= 0.6 is 0 Å². The van der Waals surface area contributed by atoms with Gasteiger partial charge in [0.1, 0.15) is 5.69 Å². The van der Waals surface area contributed by atoms with Gasteiger partial charge in [-0.3, -0.25) is 9.78 Å². The molecule has 1 amide bonds. The fraction of sp³-hybridized carbons (Fsp3) is 0.182. The van der Waals surface area contributed by atoms with Gasteiger partial charge in [0.15, 0.2) is 0 Å². The monoisotopic (exact) mass is 386 g/mol. The minimum absolute atomic E-state index is 0.209. The number of aryl methyl sites for hydroxylation is 1. The van der Waals surface area contributed by atoms with Crippen LogP contribution in [0, 0.1) is 6.92 Å². The van der Waals surface area contributed by atoms with Crippen LogP contribution in [0.4, 0.5) is 5.95 Å². The summed E-state index contributed by atoms with van der Waals surface area (Å²) in [5.41, 5.74) is 4.38. The number of para-hydroxylation sites is 1. The highest BCUT2D eigenvalue weighted by atomic mass is 16.1. The number of carbonyl (C=O) groups excluding carboxylic acids is 1. The second kappa shape index (κ2) is 8.52. The van der Waals surface area contributed by atoms with Crippen molar-refractivity contribution in [1.29, 1.82) is 0 Å². The molecule has 0 saturated carbocycles. The van der Waals surface area contributed by atoms with E-state index in [-0.39, 0.29) is 5.91 Å². The van der Waals surface area contributed by atoms with Crippen LogP contribution in [0.5, 0.6) is 0 Å². The Morgan fingerprint density at radius 2 is 2.03 bits per heavy atom. The van der Waals surface area contributed by atoms with Gasteiger partial charge in [0, 0.05) is 48.3 Å². The number of aromatic nitrogens is 4. The second-order valence-electron chi connectivity index (χ2n) is 6.80. The molecule has 0 aliphatic rings. The highest BCUT2D eigenvalue weighted by Crippen LogP contribution is 2.17. The maximum atomic E-state index is 12.6. The lowest BCUT2D eigenvalue weighted by atomic mass is 10.1. The number of carbonyl (C=O) groups is 1. The Balaban J connectivity index is 1.37. The summed E-state index contributed by atoms with van der Waals surface area (Å²) in [5.74, 6) is 0.218. The van der Waals surface area contributed by atoms with E-state index < -0.39 is 0 Å². The molecule has 4 rings (SSSR count). The molecular weight excluding hydrogens is 364 g/mol. The van der Waals surface area contributed by atoms with Gasteiger partial charge in [0.05, 0.1) is 0 Å². The third-order valence-electron chi connectivity index (χ3n) is 4.62. The van der Waals surface area contributed by atoms with Crippen molar-refractivity contribution in [2.75, 3.05) is 11.9 Å². The van der Waals surface area contributed by atoms with E-state index in [9.17, 15) is 4.79 Å². The van der Waals surface area contributed by atoms with Crippen LogP contribution in [0.3, 0.4) is 0 Å².